The quantitative estimate of drug-likeness (QED) is 0.492. The minimum Gasteiger partial charge on any atom is -0.493 e. The van der Waals surface area contributed by atoms with E-state index in [2.05, 4.69) is 9.97 Å². The number of aliphatic carboxylic acids is 1. The number of hydrogen-bond donors (Lipinski definition) is 3. The number of carbonyl (C=O) groups is 1. The van der Waals surface area contributed by atoms with Crippen molar-refractivity contribution >= 4 is 5.97 Å². The van der Waals surface area contributed by atoms with Crippen LogP contribution in [0.15, 0.2) is 17.2 Å². The van der Waals surface area contributed by atoms with Gasteiger partial charge in [0.2, 0.25) is 5.88 Å². The lowest BCUT2D eigenvalue weighted by molar-refractivity contribution is -0.134. The van der Waals surface area contributed by atoms with Gasteiger partial charge in [0.1, 0.15) is 0 Å². The maximum absolute atomic E-state index is 10.2. The third-order valence-electron chi connectivity index (χ3n) is 0.664. The first-order valence-electron chi connectivity index (χ1n) is 2.95. The molecule has 1 aromatic heterocycles. The third-order valence-corrected chi connectivity index (χ3v) is 0.664. The molecule has 66 valence electrons. The molecule has 0 amide bonds. The predicted octanol–water partition coefficient (Wildman–Crippen LogP) is -0.434. The van der Waals surface area contributed by atoms with Crippen LogP contribution < -0.4 is 5.56 Å². The Morgan fingerprint density at radius 1 is 1.67 bits per heavy atom. The summed E-state index contributed by atoms with van der Waals surface area (Å²) in [4.78, 5) is 24.8. The molecular weight excluding hydrogens is 164 g/mol. The first kappa shape index (κ1) is 10.2. The molecule has 6 nitrogen and oxygen atoms in total. The molecule has 0 aliphatic carbocycles. The van der Waals surface area contributed by atoms with Crippen molar-refractivity contribution in [1.82, 2.24) is 9.97 Å². The van der Waals surface area contributed by atoms with Crippen molar-refractivity contribution in [2.45, 2.75) is 6.92 Å². The van der Waals surface area contributed by atoms with E-state index in [0.29, 0.717) is 0 Å². The molecule has 0 aliphatic heterocycles. The molecule has 0 saturated carbocycles. The monoisotopic (exact) mass is 172 g/mol. The molecule has 0 atom stereocenters. The molecule has 1 rings (SSSR count). The fraction of sp³-hybridized carbons (Fsp3) is 0.167. The molecule has 6 heteroatoms. The zero-order valence-corrected chi connectivity index (χ0v) is 6.31. The second kappa shape index (κ2) is 4.89. The van der Waals surface area contributed by atoms with Crippen LogP contribution in [0.4, 0.5) is 0 Å². The van der Waals surface area contributed by atoms with Crippen molar-refractivity contribution in [2.24, 2.45) is 0 Å². The SMILES string of the molecule is CC(=O)O.O=c1cc(O)nc[nH]1. The molecule has 0 radical (unpaired) electrons. The number of nitrogens with zero attached hydrogens (tertiary/aromatic N) is 1. The van der Waals surface area contributed by atoms with Gasteiger partial charge in [-0.15, -0.1) is 0 Å². The Bertz CT molecular complexity index is 302. The van der Waals surface area contributed by atoms with Gasteiger partial charge in [-0.2, -0.15) is 0 Å². The largest absolute Gasteiger partial charge is 0.493 e. The molecule has 0 aromatic carbocycles. The van der Waals surface area contributed by atoms with Crippen LogP contribution in [0.2, 0.25) is 0 Å². The zero-order chi connectivity index (χ0) is 9.56. The molecule has 1 aromatic rings. The van der Waals surface area contributed by atoms with Gasteiger partial charge in [0.25, 0.3) is 11.5 Å². The minimum atomic E-state index is -0.833. The standard InChI is InChI=1S/C4H4N2O2.C2H4O2/c7-3-1-4(8)6-2-5-3;1-2(3)4/h1-2H,(H2,5,6,7,8);1H3,(H,3,4). The fourth-order valence-electron chi connectivity index (χ4n) is 0.358. The topological polar surface area (TPSA) is 103 Å². The van der Waals surface area contributed by atoms with Gasteiger partial charge in [0.15, 0.2) is 0 Å². The summed E-state index contributed by atoms with van der Waals surface area (Å²) in [6, 6.07) is 1.00. The molecule has 0 aliphatic rings. The Balaban J connectivity index is 0.000000261. The highest BCUT2D eigenvalue weighted by Crippen LogP contribution is 1.90. The number of hydrogen-bond acceptors (Lipinski definition) is 4. The molecule has 1 heterocycles. The second-order valence-corrected chi connectivity index (χ2v) is 1.79. The fourth-order valence-corrected chi connectivity index (χ4v) is 0.358. The van der Waals surface area contributed by atoms with Crippen molar-refractivity contribution < 1.29 is 15.0 Å². The summed E-state index contributed by atoms with van der Waals surface area (Å²) in [5.41, 5.74) is -0.350. The summed E-state index contributed by atoms with van der Waals surface area (Å²) in [5, 5.41) is 15.9. The van der Waals surface area contributed by atoms with Crippen molar-refractivity contribution in [3.05, 3.63) is 22.7 Å². The highest BCUT2D eigenvalue weighted by molar-refractivity contribution is 5.62. The minimum absolute atomic E-state index is 0.256. The van der Waals surface area contributed by atoms with Gasteiger partial charge >= 0.3 is 0 Å². The number of carboxylic acids is 1. The highest BCUT2D eigenvalue weighted by atomic mass is 16.4. The summed E-state index contributed by atoms with van der Waals surface area (Å²) in [6.45, 7) is 1.08. The number of carboxylic acid groups (broad SMARTS) is 1. The average molecular weight is 172 g/mol. The Kier molecular flexibility index (Phi) is 4.13. The van der Waals surface area contributed by atoms with Crippen molar-refractivity contribution in [1.29, 1.82) is 0 Å². The number of rotatable bonds is 0. The number of aromatic amines is 1. The number of aromatic nitrogens is 2. The van der Waals surface area contributed by atoms with E-state index >= 15 is 0 Å². The summed E-state index contributed by atoms with van der Waals surface area (Å²) in [5.74, 6) is -1.09. The predicted molar refractivity (Wildman–Crippen MR) is 39.8 cm³/mol. The second-order valence-electron chi connectivity index (χ2n) is 1.79. The summed E-state index contributed by atoms with van der Waals surface area (Å²) in [6.07, 6.45) is 1.14. The number of nitrogens with one attached hydrogen (secondary N) is 1. The van der Waals surface area contributed by atoms with Gasteiger partial charge in [0, 0.05) is 6.92 Å². The van der Waals surface area contributed by atoms with Gasteiger partial charge in [0.05, 0.1) is 12.4 Å². The maximum atomic E-state index is 10.2. The van der Waals surface area contributed by atoms with Crippen molar-refractivity contribution in [2.75, 3.05) is 0 Å². The lowest BCUT2D eigenvalue weighted by Crippen LogP contribution is -2.01. The van der Waals surface area contributed by atoms with Crippen LogP contribution in [0, 0.1) is 0 Å². The van der Waals surface area contributed by atoms with Crippen LogP contribution in [0.1, 0.15) is 6.92 Å². The third kappa shape index (κ3) is 6.27. The molecule has 0 bridgehead atoms. The summed E-state index contributed by atoms with van der Waals surface area (Å²) >= 11 is 0. The molecule has 12 heavy (non-hydrogen) atoms. The van der Waals surface area contributed by atoms with E-state index in [0.717, 1.165) is 19.3 Å². The van der Waals surface area contributed by atoms with E-state index in [9.17, 15) is 4.79 Å². The van der Waals surface area contributed by atoms with E-state index in [-0.39, 0.29) is 11.4 Å². The maximum Gasteiger partial charge on any atom is 0.300 e. The van der Waals surface area contributed by atoms with Crippen molar-refractivity contribution in [3.63, 3.8) is 0 Å². The Labute approximate surface area is 67.5 Å². The Morgan fingerprint density at radius 3 is 2.42 bits per heavy atom. The zero-order valence-electron chi connectivity index (χ0n) is 6.31. The van der Waals surface area contributed by atoms with Crippen LogP contribution in [-0.2, 0) is 4.79 Å². The van der Waals surface area contributed by atoms with Crippen LogP contribution in [0.3, 0.4) is 0 Å². The smallest absolute Gasteiger partial charge is 0.300 e. The summed E-state index contributed by atoms with van der Waals surface area (Å²) < 4.78 is 0. The summed E-state index contributed by atoms with van der Waals surface area (Å²) in [7, 11) is 0. The van der Waals surface area contributed by atoms with Crippen LogP contribution >= 0.6 is 0 Å². The highest BCUT2D eigenvalue weighted by Gasteiger charge is 1.84. The normalized spacial score (nSPS) is 8.08. The molecular formula is C6H8N2O4. The van der Waals surface area contributed by atoms with E-state index < -0.39 is 5.97 Å². The van der Waals surface area contributed by atoms with Gasteiger partial charge < -0.3 is 15.2 Å². The first-order chi connectivity index (χ1) is 5.52. The Hall–Kier alpha value is -1.85. The Morgan fingerprint density at radius 2 is 2.17 bits per heavy atom. The molecule has 0 fully saturated rings. The van der Waals surface area contributed by atoms with Gasteiger partial charge in [-0.1, -0.05) is 0 Å². The van der Waals surface area contributed by atoms with Gasteiger partial charge in [-0.05, 0) is 0 Å². The first-order valence-corrected chi connectivity index (χ1v) is 2.95. The molecule has 0 spiro atoms. The average Bonchev–Trinajstić information content (AvgIpc) is 1.84. The van der Waals surface area contributed by atoms with Crippen LogP contribution in [0.5, 0.6) is 5.88 Å². The molecule has 3 N–H and O–H groups in total. The van der Waals surface area contributed by atoms with E-state index in [4.69, 9.17) is 15.0 Å². The number of H-pyrrole nitrogens is 1. The van der Waals surface area contributed by atoms with E-state index in [1.807, 2.05) is 0 Å². The van der Waals surface area contributed by atoms with Crippen LogP contribution in [0.25, 0.3) is 0 Å². The lowest BCUT2D eigenvalue weighted by atomic mass is 10.6. The van der Waals surface area contributed by atoms with Crippen molar-refractivity contribution in [3.8, 4) is 5.88 Å². The lowest BCUT2D eigenvalue weighted by Gasteiger charge is -1.82. The van der Waals surface area contributed by atoms with Crippen LogP contribution in [-0.4, -0.2) is 26.2 Å². The molecule has 0 unspecified atom stereocenters. The van der Waals surface area contributed by atoms with Gasteiger partial charge in [-0.3, -0.25) is 9.59 Å². The van der Waals surface area contributed by atoms with Gasteiger partial charge in [-0.25, -0.2) is 4.98 Å². The van der Waals surface area contributed by atoms with E-state index in [1.165, 1.54) is 0 Å². The number of aromatic hydroxyl groups is 1. The molecule has 0 saturated heterocycles. The van der Waals surface area contributed by atoms with E-state index in [1.54, 1.807) is 0 Å².